The van der Waals surface area contributed by atoms with Gasteiger partial charge in [-0.2, -0.15) is 0 Å². The molecule has 1 aromatic rings. The predicted octanol–water partition coefficient (Wildman–Crippen LogP) is 0.204. The molecule has 2 fully saturated rings. The molecule has 0 spiro atoms. The van der Waals surface area contributed by atoms with E-state index in [-0.39, 0.29) is 36.4 Å². The van der Waals surface area contributed by atoms with Crippen LogP contribution in [0.4, 0.5) is 0 Å². The highest BCUT2D eigenvalue weighted by molar-refractivity contribution is 7.88. The van der Waals surface area contributed by atoms with Crippen LogP contribution in [0.2, 0.25) is 0 Å². The molecule has 3 atom stereocenters. The van der Waals surface area contributed by atoms with Crippen molar-refractivity contribution in [2.45, 2.75) is 44.8 Å². The van der Waals surface area contributed by atoms with Gasteiger partial charge >= 0.3 is 0 Å². The van der Waals surface area contributed by atoms with Crippen molar-refractivity contribution in [1.82, 2.24) is 19.8 Å². The SMILES string of the molecule is CC(C)C(=O)NC[C@H]1C(=O)N2C[C@@H](NS(C)(=O)=O)C[C@H]2CN1CCc1ccccc1. The summed E-state index contributed by atoms with van der Waals surface area (Å²) in [6, 6.07) is 9.37. The van der Waals surface area contributed by atoms with Gasteiger partial charge < -0.3 is 10.2 Å². The summed E-state index contributed by atoms with van der Waals surface area (Å²) in [7, 11) is -3.33. The third kappa shape index (κ3) is 5.80. The third-order valence-electron chi connectivity index (χ3n) is 5.77. The fourth-order valence-electron chi connectivity index (χ4n) is 4.28. The number of nitrogens with one attached hydrogen (secondary N) is 2. The number of hydrogen-bond donors (Lipinski definition) is 2. The van der Waals surface area contributed by atoms with E-state index in [1.807, 2.05) is 32.0 Å². The average Bonchev–Trinajstić information content (AvgIpc) is 3.07. The summed E-state index contributed by atoms with van der Waals surface area (Å²) in [4.78, 5) is 29.3. The van der Waals surface area contributed by atoms with Gasteiger partial charge in [0.25, 0.3) is 0 Å². The summed E-state index contributed by atoms with van der Waals surface area (Å²) >= 11 is 0. The molecule has 0 radical (unpaired) electrons. The molecule has 0 aromatic heterocycles. The van der Waals surface area contributed by atoms with E-state index in [0.29, 0.717) is 26.1 Å². The van der Waals surface area contributed by atoms with Gasteiger partial charge in [-0.3, -0.25) is 14.5 Å². The lowest BCUT2D eigenvalue weighted by atomic mass is 10.0. The number of amides is 2. The maximum Gasteiger partial charge on any atom is 0.242 e. The first-order chi connectivity index (χ1) is 14.1. The van der Waals surface area contributed by atoms with E-state index in [1.165, 1.54) is 5.56 Å². The molecule has 0 unspecified atom stereocenters. The largest absolute Gasteiger partial charge is 0.354 e. The zero-order valence-corrected chi connectivity index (χ0v) is 18.7. The molecule has 2 aliphatic rings. The Kier molecular flexibility index (Phi) is 7.15. The van der Waals surface area contributed by atoms with Gasteiger partial charge in [0.1, 0.15) is 6.04 Å². The van der Waals surface area contributed by atoms with Gasteiger partial charge in [0.15, 0.2) is 0 Å². The molecule has 2 aliphatic heterocycles. The van der Waals surface area contributed by atoms with Gasteiger partial charge in [-0.15, -0.1) is 0 Å². The van der Waals surface area contributed by atoms with Crippen molar-refractivity contribution < 1.29 is 18.0 Å². The molecule has 2 saturated heterocycles. The molecule has 30 heavy (non-hydrogen) atoms. The molecule has 0 aliphatic carbocycles. The van der Waals surface area contributed by atoms with Crippen LogP contribution in [0, 0.1) is 5.92 Å². The van der Waals surface area contributed by atoms with Crippen molar-refractivity contribution in [3.63, 3.8) is 0 Å². The summed E-state index contributed by atoms with van der Waals surface area (Å²) < 4.78 is 25.9. The topological polar surface area (TPSA) is 98.8 Å². The normalized spacial score (nSPS) is 24.9. The molecule has 8 nitrogen and oxygen atoms in total. The number of nitrogens with zero attached hydrogens (tertiary/aromatic N) is 2. The van der Waals surface area contributed by atoms with Crippen molar-refractivity contribution >= 4 is 21.8 Å². The number of hydrogen-bond acceptors (Lipinski definition) is 5. The fraction of sp³-hybridized carbons (Fsp3) is 0.619. The Morgan fingerprint density at radius 1 is 1.20 bits per heavy atom. The Balaban J connectivity index is 1.72. The Hall–Kier alpha value is -1.97. The zero-order chi connectivity index (χ0) is 21.9. The minimum absolute atomic E-state index is 0.0235. The maximum absolute atomic E-state index is 13.3. The second-order valence-electron chi connectivity index (χ2n) is 8.61. The van der Waals surface area contributed by atoms with Crippen LogP contribution in [0.3, 0.4) is 0 Å². The first-order valence-corrected chi connectivity index (χ1v) is 12.4. The summed E-state index contributed by atoms with van der Waals surface area (Å²) in [6.07, 6.45) is 2.55. The van der Waals surface area contributed by atoms with Crippen LogP contribution in [0.25, 0.3) is 0 Å². The van der Waals surface area contributed by atoms with Gasteiger partial charge in [-0.05, 0) is 18.4 Å². The van der Waals surface area contributed by atoms with E-state index in [0.717, 1.165) is 12.7 Å². The molecule has 0 saturated carbocycles. The lowest BCUT2D eigenvalue weighted by Crippen LogP contribution is -2.63. The quantitative estimate of drug-likeness (QED) is 0.607. The Bertz CT molecular complexity index is 859. The molecule has 2 amide bonds. The maximum atomic E-state index is 13.3. The smallest absolute Gasteiger partial charge is 0.242 e. The molecule has 1 aromatic carbocycles. The number of benzene rings is 1. The molecule has 2 heterocycles. The average molecular weight is 437 g/mol. The van der Waals surface area contributed by atoms with Crippen molar-refractivity contribution in [3.8, 4) is 0 Å². The van der Waals surface area contributed by atoms with Crippen LogP contribution in [-0.4, -0.2) is 80.6 Å². The summed E-state index contributed by atoms with van der Waals surface area (Å²) in [5, 5.41) is 2.90. The number of sulfonamides is 1. The van der Waals surface area contributed by atoms with E-state index < -0.39 is 16.1 Å². The van der Waals surface area contributed by atoms with Gasteiger partial charge in [0.05, 0.1) is 6.26 Å². The number of rotatable bonds is 8. The monoisotopic (exact) mass is 436 g/mol. The predicted molar refractivity (Wildman–Crippen MR) is 115 cm³/mol. The molecule has 0 bridgehead atoms. The highest BCUT2D eigenvalue weighted by Gasteiger charge is 2.45. The highest BCUT2D eigenvalue weighted by atomic mass is 32.2. The summed E-state index contributed by atoms with van der Waals surface area (Å²) in [5.74, 6) is -0.267. The van der Waals surface area contributed by atoms with Crippen molar-refractivity contribution in [3.05, 3.63) is 35.9 Å². The zero-order valence-electron chi connectivity index (χ0n) is 17.9. The molecule has 2 N–H and O–H groups in total. The standard InChI is InChI=1S/C21H32N4O4S/c1-15(2)20(26)22-12-19-21(27)25-13-17(23-30(3,28)29)11-18(25)14-24(19)10-9-16-7-5-4-6-8-16/h4-8,15,17-19,23H,9-14H2,1-3H3,(H,22,26)/t17-,18-,19-/m0/s1. The molecule has 166 valence electrons. The molecular weight excluding hydrogens is 404 g/mol. The second kappa shape index (κ2) is 9.45. The first kappa shape index (κ1) is 22.7. The minimum Gasteiger partial charge on any atom is -0.354 e. The van der Waals surface area contributed by atoms with Crippen molar-refractivity contribution in [2.75, 3.05) is 32.4 Å². The van der Waals surface area contributed by atoms with Crippen LogP contribution in [0.15, 0.2) is 30.3 Å². The first-order valence-electron chi connectivity index (χ1n) is 10.5. The highest BCUT2D eigenvalue weighted by Crippen LogP contribution is 2.26. The number of carbonyl (C=O) groups is 2. The van der Waals surface area contributed by atoms with Crippen LogP contribution in [-0.2, 0) is 26.0 Å². The number of fused-ring (bicyclic) bond motifs is 1. The van der Waals surface area contributed by atoms with Crippen molar-refractivity contribution in [2.24, 2.45) is 5.92 Å². The summed E-state index contributed by atoms with van der Waals surface area (Å²) in [6.45, 7) is 5.65. The van der Waals surface area contributed by atoms with Gasteiger partial charge in [0, 0.05) is 44.2 Å². The minimum atomic E-state index is -3.33. The lowest BCUT2D eigenvalue weighted by molar-refractivity contribution is -0.143. The van der Waals surface area contributed by atoms with E-state index in [1.54, 1.807) is 4.90 Å². The van der Waals surface area contributed by atoms with Gasteiger partial charge in [-0.25, -0.2) is 13.1 Å². The molecule has 9 heteroatoms. The Labute approximate surface area is 179 Å². The molecular formula is C21H32N4O4S. The molecule has 3 rings (SSSR count). The van der Waals surface area contributed by atoms with Crippen LogP contribution in [0.1, 0.15) is 25.8 Å². The lowest BCUT2D eigenvalue weighted by Gasteiger charge is -2.43. The van der Waals surface area contributed by atoms with Crippen LogP contribution < -0.4 is 10.0 Å². The fourth-order valence-corrected chi connectivity index (χ4v) is 5.05. The Morgan fingerprint density at radius 3 is 2.53 bits per heavy atom. The third-order valence-corrected chi connectivity index (χ3v) is 6.54. The number of carbonyl (C=O) groups excluding carboxylic acids is 2. The van der Waals surface area contributed by atoms with E-state index in [4.69, 9.17) is 0 Å². The van der Waals surface area contributed by atoms with Crippen LogP contribution in [0.5, 0.6) is 0 Å². The van der Waals surface area contributed by atoms with Crippen LogP contribution >= 0.6 is 0 Å². The van der Waals surface area contributed by atoms with Gasteiger partial charge in [0.2, 0.25) is 21.8 Å². The number of piperazine rings is 1. The van der Waals surface area contributed by atoms with Crippen molar-refractivity contribution in [1.29, 1.82) is 0 Å². The van der Waals surface area contributed by atoms with Gasteiger partial charge in [-0.1, -0.05) is 44.2 Å². The Morgan fingerprint density at radius 2 is 1.90 bits per heavy atom. The van der Waals surface area contributed by atoms with E-state index in [9.17, 15) is 18.0 Å². The van der Waals surface area contributed by atoms with E-state index in [2.05, 4.69) is 27.1 Å². The van der Waals surface area contributed by atoms with E-state index >= 15 is 0 Å². The summed E-state index contributed by atoms with van der Waals surface area (Å²) in [5.41, 5.74) is 1.19. The second-order valence-corrected chi connectivity index (χ2v) is 10.4.